The highest BCUT2D eigenvalue weighted by molar-refractivity contribution is 7.99. The number of rotatable bonds is 3. The molecule has 114 valence electrons. The zero-order valence-electron chi connectivity index (χ0n) is 12.8. The third-order valence-corrected chi connectivity index (χ3v) is 5.38. The van der Waals surface area contributed by atoms with E-state index in [0.29, 0.717) is 17.3 Å². The van der Waals surface area contributed by atoms with Gasteiger partial charge in [-0.2, -0.15) is 0 Å². The van der Waals surface area contributed by atoms with E-state index < -0.39 is 0 Å². The van der Waals surface area contributed by atoms with E-state index in [1.54, 1.807) is 0 Å². The number of thioether (sulfide) groups is 1. The Morgan fingerprint density at radius 1 is 1.19 bits per heavy atom. The smallest absolute Gasteiger partial charge is 0.254 e. The molecule has 2 atom stereocenters. The number of hydrogen-bond acceptors (Lipinski definition) is 3. The molecule has 3 nitrogen and oxygen atoms in total. The van der Waals surface area contributed by atoms with Crippen LogP contribution in [-0.4, -0.2) is 41.2 Å². The summed E-state index contributed by atoms with van der Waals surface area (Å²) in [6.07, 6.45) is 3.40. The van der Waals surface area contributed by atoms with Crippen LogP contribution in [0.25, 0.3) is 0 Å². The van der Waals surface area contributed by atoms with Gasteiger partial charge in [0.2, 0.25) is 0 Å². The normalized spacial score (nSPS) is 25.2. The molecule has 3 rings (SSSR count). The standard InChI is InChI=1S/C17H24N2OS/c1-12(2)21-16-7-3-13(4-8-16)17(20)19-14-5-6-15(19)11-18-10-9-14/h3-4,7-8,12,14-15,18H,5-6,9-11H2,1-2H3. The maximum Gasteiger partial charge on any atom is 0.254 e. The van der Waals surface area contributed by atoms with Crippen LogP contribution in [0.15, 0.2) is 29.2 Å². The molecule has 4 heteroatoms. The summed E-state index contributed by atoms with van der Waals surface area (Å²) in [5.41, 5.74) is 0.835. The topological polar surface area (TPSA) is 32.3 Å². The van der Waals surface area contributed by atoms with Gasteiger partial charge in [-0.3, -0.25) is 4.79 Å². The second kappa shape index (κ2) is 6.41. The molecule has 1 aromatic rings. The fourth-order valence-electron chi connectivity index (χ4n) is 3.41. The number of fused-ring (bicyclic) bond motifs is 2. The van der Waals surface area contributed by atoms with Gasteiger partial charge in [0.15, 0.2) is 0 Å². The van der Waals surface area contributed by atoms with Gasteiger partial charge in [0.1, 0.15) is 0 Å². The van der Waals surface area contributed by atoms with Crippen LogP contribution in [0.5, 0.6) is 0 Å². The molecule has 0 saturated carbocycles. The Bertz CT molecular complexity index is 486. The third-order valence-electron chi connectivity index (χ3n) is 4.36. The molecule has 1 amide bonds. The second-order valence-electron chi connectivity index (χ2n) is 6.28. The molecule has 21 heavy (non-hydrogen) atoms. The molecule has 2 aliphatic heterocycles. The van der Waals surface area contributed by atoms with Crippen LogP contribution in [0, 0.1) is 0 Å². The van der Waals surface area contributed by atoms with E-state index in [9.17, 15) is 4.79 Å². The molecule has 1 N–H and O–H groups in total. The molecule has 0 aliphatic carbocycles. The first kappa shape index (κ1) is 14.9. The van der Waals surface area contributed by atoms with Crippen molar-refractivity contribution in [2.24, 2.45) is 0 Å². The lowest BCUT2D eigenvalue weighted by atomic mass is 10.1. The van der Waals surface area contributed by atoms with Gasteiger partial charge in [-0.25, -0.2) is 0 Å². The summed E-state index contributed by atoms with van der Waals surface area (Å²) in [7, 11) is 0. The quantitative estimate of drug-likeness (QED) is 0.871. The molecule has 0 spiro atoms. The Balaban J connectivity index is 1.75. The number of carbonyl (C=O) groups is 1. The van der Waals surface area contributed by atoms with E-state index in [1.807, 2.05) is 23.9 Å². The zero-order chi connectivity index (χ0) is 14.8. The Morgan fingerprint density at radius 3 is 2.62 bits per heavy atom. The molecular formula is C17H24N2OS. The van der Waals surface area contributed by atoms with Gasteiger partial charge in [-0.1, -0.05) is 13.8 Å². The van der Waals surface area contributed by atoms with Crippen molar-refractivity contribution in [1.82, 2.24) is 10.2 Å². The van der Waals surface area contributed by atoms with Crippen molar-refractivity contribution in [2.75, 3.05) is 13.1 Å². The number of benzene rings is 1. The number of carbonyl (C=O) groups excluding carboxylic acids is 1. The van der Waals surface area contributed by atoms with E-state index in [1.165, 1.54) is 11.3 Å². The van der Waals surface area contributed by atoms with Crippen molar-refractivity contribution >= 4 is 17.7 Å². The average molecular weight is 304 g/mol. The highest BCUT2D eigenvalue weighted by Gasteiger charge is 2.38. The number of nitrogens with one attached hydrogen (secondary N) is 1. The van der Waals surface area contributed by atoms with Crippen molar-refractivity contribution in [3.63, 3.8) is 0 Å². The van der Waals surface area contributed by atoms with Crippen LogP contribution in [-0.2, 0) is 0 Å². The molecule has 2 unspecified atom stereocenters. The third kappa shape index (κ3) is 3.27. The molecular weight excluding hydrogens is 280 g/mol. The van der Waals surface area contributed by atoms with Gasteiger partial charge in [0, 0.05) is 34.3 Å². The maximum atomic E-state index is 12.8. The predicted molar refractivity (Wildman–Crippen MR) is 87.9 cm³/mol. The van der Waals surface area contributed by atoms with Crippen molar-refractivity contribution < 1.29 is 4.79 Å². The van der Waals surface area contributed by atoms with Crippen molar-refractivity contribution in [2.45, 2.75) is 55.3 Å². The second-order valence-corrected chi connectivity index (χ2v) is 7.93. The molecule has 2 fully saturated rings. The van der Waals surface area contributed by atoms with E-state index in [2.05, 4.69) is 36.2 Å². The van der Waals surface area contributed by atoms with Gasteiger partial charge in [-0.05, 0) is 50.1 Å². The summed E-state index contributed by atoms with van der Waals surface area (Å²) in [5.74, 6) is 0.215. The molecule has 2 aliphatic rings. The highest BCUT2D eigenvalue weighted by atomic mass is 32.2. The van der Waals surface area contributed by atoms with Crippen LogP contribution in [0.4, 0.5) is 0 Å². The van der Waals surface area contributed by atoms with Crippen LogP contribution < -0.4 is 5.32 Å². The van der Waals surface area contributed by atoms with Gasteiger partial charge in [-0.15, -0.1) is 11.8 Å². The molecule has 0 aromatic heterocycles. The van der Waals surface area contributed by atoms with Gasteiger partial charge >= 0.3 is 0 Å². The Morgan fingerprint density at radius 2 is 1.90 bits per heavy atom. The average Bonchev–Trinajstić information content (AvgIpc) is 2.71. The highest BCUT2D eigenvalue weighted by Crippen LogP contribution is 2.30. The Hall–Kier alpha value is -1.00. The molecule has 1 aromatic carbocycles. The first-order valence-electron chi connectivity index (χ1n) is 7.95. The van der Waals surface area contributed by atoms with Crippen LogP contribution in [0.2, 0.25) is 0 Å². The first-order valence-corrected chi connectivity index (χ1v) is 8.83. The largest absolute Gasteiger partial charge is 0.331 e. The van der Waals surface area contributed by atoms with Gasteiger partial charge in [0.25, 0.3) is 5.91 Å². The zero-order valence-corrected chi connectivity index (χ0v) is 13.7. The molecule has 0 radical (unpaired) electrons. The fraction of sp³-hybridized carbons (Fsp3) is 0.588. The Labute approximate surface area is 131 Å². The lowest BCUT2D eigenvalue weighted by Crippen LogP contribution is -2.42. The minimum Gasteiger partial charge on any atom is -0.331 e. The van der Waals surface area contributed by atoms with Crippen molar-refractivity contribution in [3.05, 3.63) is 29.8 Å². The summed E-state index contributed by atoms with van der Waals surface area (Å²) in [6.45, 7) is 6.36. The summed E-state index contributed by atoms with van der Waals surface area (Å²) in [4.78, 5) is 16.2. The van der Waals surface area contributed by atoms with E-state index >= 15 is 0 Å². The van der Waals surface area contributed by atoms with E-state index in [0.717, 1.165) is 31.5 Å². The number of amides is 1. The SMILES string of the molecule is CC(C)Sc1ccc(C(=O)N2C3CCNCC2CC3)cc1. The summed E-state index contributed by atoms with van der Waals surface area (Å²) in [6, 6.07) is 8.96. The van der Waals surface area contributed by atoms with Crippen LogP contribution in [0.3, 0.4) is 0 Å². The lowest BCUT2D eigenvalue weighted by Gasteiger charge is -2.28. The summed E-state index contributed by atoms with van der Waals surface area (Å²) < 4.78 is 0. The summed E-state index contributed by atoms with van der Waals surface area (Å²) >= 11 is 1.84. The van der Waals surface area contributed by atoms with Crippen LogP contribution in [0.1, 0.15) is 43.5 Å². The molecule has 2 bridgehead atoms. The minimum absolute atomic E-state index is 0.215. The maximum absolute atomic E-state index is 12.8. The molecule has 2 heterocycles. The van der Waals surface area contributed by atoms with E-state index in [-0.39, 0.29) is 5.91 Å². The number of nitrogens with zero attached hydrogens (tertiary/aromatic N) is 1. The van der Waals surface area contributed by atoms with Crippen LogP contribution >= 0.6 is 11.8 Å². The molecule has 2 saturated heterocycles. The monoisotopic (exact) mass is 304 g/mol. The van der Waals surface area contributed by atoms with Gasteiger partial charge in [0.05, 0.1) is 0 Å². The first-order chi connectivity index (χ1) is 10.1. The predicted octanol–water partition coefficient (Wildman–Crippen LogP) is 3.15. The van der Waals surface area contributed by atoms with Gasteiger partial charge < -0.3 is 10.2 Å². The minimum atomic E-state index is 0.215. The summed E-state index contributed by atoms with van der Waals surface area (Å²) in [5, 5.41) is 4.02. The Kier molecular flexibility index (Phi) is 4.55. The van der Waals surface area contributed by atoms with Crippen molar-refractivity contribution in [3.8, 4) is 0 Å². The van der Waals surface area contributed by atoms with E-state index in [4.69, 9.17) is 0 Å². The van der Waals surface area contributed by atoms with Crippen molar-refractivity contribution in [1.29, 1.82) is 0 Å². The number of hydrogen-bond donors (Lipinski definition) is 1. The fourth-order valence-corrected chi connectivity index (χ4v) is 4.25. The lowest BCUT2D eigenvalue weighted by molar-refractivity contribution is 0.0680.